The second-order valence-corrected chi connectivity index (χ2v) is 8.99. The molecule has 37 heavy (non-hydrogen) atoms. The molecule has 0 radical (unpaired) electrons. The molecule has 0 bridgehead atoms. The summed E-state index contributed by atoms with van der Waals surface area (Å²) >= 11 is 12.5. The third kappa shape index (κ3) is 4.98. The van der Waals surface area contributed by atoms with E-state index >= 15 is 0 Å². The molecule has 0 saturated carbocycles. The van der Waals surface area contributed by atoms with Crippen LogP contribution in [-0.4, -0.2) is 47.0 Å². The maximum Gasteiger partial charge on any atom is 0.335 e. The highest BCUT2D eigenvalue weighted by Crippen LogP contribution is 2.42. The largest absolute Gasteiger partial charge is 0.507 e. The summed E-state index contributed by atoms with van der Waals surface area (Å²) < 4.78 is 10.4. The Morgan fingerprint density at radius 2 is 1.49 bits per heavy atom. The number of likely N-dealkylation sites (tertiary alicyclic amines) is 1. The molecule has 3 aromatic rings. The molecule has 10 heteroatoms. The van der Waals surface area contributed by atoms with Crippen molar-refractivity contribution in [3.05, 3.63) is 98.5 Å². The summed E-state index contributed by atoms with van der Waals surface area (Å²) in [7, 11) is 2.91. The molecule has 1 heterocycles. The molecule has 1 atom stereocenters. The molecule has 1 unspecified atom stereocenters. The summed E-state index contributed by atoms with van der Waals surface area (Å²) in [6.07, 6.45) is 0. The molecule has 3 aromatic carbocycles. The van der Waals surface area contributed by atoms with E-state index in [2.05, 4.69) is 0 Å². The van der Waals surface area contributed by atoms with Crippen LogP contribution in [0.25, 0.3) is 5.76 Å². The van der Waals surface area contributed by atoms with Crippen LogP contribution in [-0.2, 0) is 16.1 Å². The first-order chi connectivity index (χ1) is 17.7. The number of ether oxygens (including phenoxy) is 2. The zero-order chi connectivity index (χ0) is 26.9. The van der Waals surface area contributed by atoms with Gasteiger partial charge in [-0.05, 0) is 47.5 Å². The van der Waals surface area contributed by atoms with Gasteiger partial charge >= 0.3 is 5.97 Å². The van der Waals surface area contributed by atoms with Crippen molar-refractivity contribution in [1.82, 2.24) is 4.90 Å². The molecule has 1 saturated heterocycles. The zero-order valence-corrected chi connectivity index (χ0v) is 21.2. The Labute approximate surface area is 222 Å². The van der Waals surface area contributed by atoms with E-state index in [-0.39, 0.29) is 39.0 Å². The fourth-order valence-electron chi connectivity index (χ4n) is 4.17. The summed E-state index contributed by atoms with van der Waals surface area (Å²) in [5.74, 6) is -2.47. The number of benzene rings is 3. The van der Waals surface area contributed by atoms with Gasteiger partial charge in [-0.2, -0.15) is 0 Å². The van der Waals surface area contributed by atoms with Crippen molar-refractivity contribution in [3.8, 4) is 11.5 Å². The van der Waals surface area contributed by atoms with Gasteiger partial charge in [-0.3, -0.25) is 9.59 Å². The molecule has 0 spiro atoms. The minimum absolute atomic E-state index is 0.0118. The highest BCUT2D eigenvalue weighted by molar-refractivity contribution is 6.46. The lowest BCUT2D eigenvalue weighted by atomic mass is 9.95. The lowest BCUT2D eigenvalue weighted by Gasteiger charge is -2.25. The summed E-state index contributed by atoms with van der Waals surface area (Å²) in [6, 6.07) is 14.5. The van der Waals surface area contributed by atoms with Gasteiger partial charge in [-0.25, -0.2) is 4.79 Å². The fraction of sp³-hybridized carbons (Fsp3) is 0.148. The van der Waals surface area contributed by atoms with Crippen LogP contribution in [0.4, 0.5) is 0 Å². The minimum Gasteiger partial charge on any atom is -0.507 e. The first-order valence-electron chi connectivity index (χ1n) is 10.9. The van der Waals surface area contributed by atoms with Gasteiger partial charge in [0, 0.05) is 12.1 Å². The van der Waals surface area contributed by atoms with E-state index in [4.69, 9.17) is 37.8 Å². The molecule has 1 aliphatic rings. The highest BCUT2D eigenvalue weighted by Gasteiger charge is 2.46. The number of ketones is 1. The maximum absolute atomic E-state index is 13.3. The zero-order valence-electron chi connectivity index (χ0n) is 19.7. The van der Waals surface area contributed by atoms with E-state index < -0.39 is 29.5 Å². The molecule has 1 amide bonds. The molecule has 2 N–H and O–H groups in total. The number of aromatic carboxylic acids is 1. The number of carboxylic acids is 1. The third-order valence-corrected chi connectivity index (χ3v) is 6.56. The monoisotopic (exact) mass is 541 g/mol. The second-order valence-electron chi connectivity index (χ2n) is 8.18. The summed E-state index contributed by atoms with van der Waals surface area (Å²) in [4.78, 5) is 39.0. The third-order valence-electron chi connectivity index (χ3n) is 6.00. The molecular weight excluding hydrogens is 521 g/mol. The Balaban J connectivity index is 1.85. The predicted molar refractivity (Wildman–Crippen MR) is 137 cm³/mol. The highest BCUT2D eigenvalue weighted by atomic mass is 35.5. The van der Waals surface area contributed by atoms with E-state index in [1.54, 1.807) is 36.4 Å². The molecule has 1 fully saturated rings. The Bertz CT molecular complexity index is 1390. The van der Waals surface area contributed by atoms with Crippen molar-refractivity contribution >= 4 is 46.6 Å². The van der Waals surface area contributed by atoms with Gasteiger partial charge in [0.05, 0.1) is 41.4 Å². The topological polar surface area (TPSA) is 113 Å². The molecule has 4 rings (SSSR count). The number of hydrogen-bond donors (Lipinski definition) is 2. The number of amides is 1. The molecule has 8 nitrogen and oxygen atoms in total. The first-order valence-corrected chi connectivity index (χ1v) is 11.7. The van der Waals surface area contributed by atoms with E-state index in [0.29, 0.717) is 16.9 Å². The van der Waals surface area contributed by atoms with Gasteiger partial charge in [0.1, 0.15) is 11.5 Å². The number of methoxy groups -OCH3 is 2. The number of carbonyl (C=O) groups excluding carboxylic acids is 2. The number of rotatable bonds is 7. The number of hydrogen-bond acceptors (Lipinski definition) is 6. The Morgan fingerprint density at radius 3 is 2.00 bits per heavy atom. The van der Waals surface area contributed by atoms with E-state index in [0.717, 1.165) is 0 Å². The average Bonchev–Trinajstić information content (AvgIpc) is 3.13. The van der Waals surface area contributed by atoms with Gasteiger partial charge in [-0.15, -0.1) is 0 Å². The minimum atomic E-state index is -1.08. The standard InChI is InChI=1S/C27H21Cl2NO7/c1-36-18-9-7-15(8-10-18)22-21(23(31)17-11-19(28)25(37-2)20(29)12-17)24(32)26(33)30(22)13-14-3-5-16(6-4-14)27(34)35/h3-12,22,31H,13H2,1-2H3,(H,34,35)/b23-21+. The molecule has 0 aliphatic carbocycles. The van der Waals surface area contributed by atoms with Crippen LogP contribution in [0.1, 0.15) is 33.1 Å². The normalized spacial score (nSPS) is 16.6. The quantitative estimate of drug-likeness (QED) is 0.236. The van der Waals surface area contributed by atoms with Gasteiger partial charge < -0.3 is 24.6 Å². The van der Waals surface area contributed by atoms with E-state index in [9.17, 15) is 19.5 Å². The van der Waals surface area contributed by atoms with Crippen molar-refractivity contribution in [2.24, 2.45) is 0 Å². The summed E-state index contributed by atoms with van der Waals surface area (Å²) in [5.41, 5.74) is 1.23. The van der Waals surface area contributed by atoms with Crippen LogP contribution >= 0.6 is 23.2 Å². The number of carboxylic acid groups (broad SMARTS) is 1. The van der Waals surface area contributed by atoms with Crippen molar-refractivity contribution in [1.29, 1.82) is 0 Å². The van der Waals surface area contributed by atoms with E-state index in [1.165, 1.54) is 43.4 Å². The van der Waals surface area contributed by atoms with Crippen molar-refractivity contribution < 1.29 is 34.1 Å². The smallest absolute Gasteiger partial charge is 0.335 e. The number of halogens is 2. The first kappa shape index (κ1) is 26.1. The predicted octanol–water partition coefficient (Wildman–Crippen LogP) is 5.33. The van der Waals surface area contributed by atoms with Crippen LogP contribution in [0.2, 0.25) is 10.0 Å². The molecule has 0 aromatic heterocycles. The van der Waals surface area contributed by atoms with Crippen LogP contribution < -0.4 is 9.47 Å². The maximum atomic E-state index is 13.3. The van der Waals surface area contributed by atoms with Crippen LogP contribution in [0.3, 0.4) is 0 Å². The SMILES string of the molecule is COc1ccc(C2/C(=C(\O)c3cc(Cl)c(OC)c(Cl)c3)C(=O)C(=O)N2Cc2ccc(C(=O)O)cc2)cc1. The summed E-state index contributed by atoms with van der Waals surface area (Å²) in [6.45, 7) is -0.0118. The molecular formula is C27H21Cl2NO7. The van der Waals surface area contributed by atoms with Gasteiger partial charge in [-0.1, -0.05) is 47.5 Å². The van der Waals surface area contributed by atoms with E-state index in [1.807, 2.05) is 0 Å². The number of aliphatic hydroxyl groups is 1. The number of carbonyl (C=O) groups is 3. The molecule has 190 valence electrons. The number of Topliss-reactive ketones (excluding diaryl/α,β-unsaturated/α-hetero) is 1. The second kappa shape index (κ2) is 10.5. The van der Waals surface area contributed by atoms with Crippen molar-refractivity contribution in [2.75, 3.05) is 14.2 Å². The van der Waals surface area contributed by atoms with Crippen LogP contribution in [0, 0.1) is 0 Å². The average molecular weight is 542 g/mol. The van der Waals surface area contributed by atoms with Crippen molar-refractivity contribution in [2.45, 2.75) is 12.6 Å². The number of aliphatic hydroxyl groups excluding tert-OH is 1. The van der Waals surface area contributed by atoms with Crippen LogP contribution in [0.5, 0.6) is 11.5 Å². The van der Waals surface area contributed by atoms with Gasteiger partial charge in [0.25, 0.3) is 11.7 Å². The van der Waals surface area contributed by atoms with Gasteiger partial charge in [0.15, 0.2) is 5.75 Å². The lowest BCUT2D eigenvalue weighted by Crippen LogP contribution is -2.29. The van der Waals surface area contributed by atoms with Crippen molar-refractivity contribution in [3.63, 3.8) is 0 Å². The summed E-state index contributed by atoms with van der Waals surface area (Å²) in [5, 5.41) is 20.7. The fourth-order valence-corrected chi connectivity index (χ4v) is 4.81. The van der Waals surface area contributed by atoms with Gasteiger partial charge in [0.2, 0.25) is 0 Å². The Hall–Kier alpha value is -4.01. The Morgan fingerprint density at radius 1 is 0.892 bits per heavy atom. The van der Waals surface area contributed by atoms with Crippen LogP contribution in [0.15, 0.2) is 66.2 Å². The lowest BCUT2D eigenvalue weighted by molar-refractivity contribution is -0.140. The molecule has 1 aliphatic heterocycles. The number of nitrogens with zero attached hydrogens (tertiary/aromatic N) is 1. The Kier molecular flexibility index (Phi) is 7.42.